The van der Waals surface area contributed by atoms with Crippen LogP contribution in [0.4, 0.5) is 10.1 Å². The van der Waals surface area contributed by atoms with Gasteiger partial charge in [-0.2, -0.15) is 5.26 Å². The molecule has 0 bridgehead atoms. The maximum Gasteiger partial charge on any atom is 0.147 e. The summed E-state index contributed by atoms with van der Waals surface area (Å²) in [5.74, 6) is 0.954. The Morgan fingerprint density at radius 3 is 2.76 bits per heavy atom. The van der Waals surface area contributed by atoms with Crippen molar-refractivity contribution in [2.24, 2.45) is 10.9 Å². The van der Waals surface area contributed by atoms with E-state index in [2.05, 4.69) is 29.0 Å². The maximum atomic E-state index is 14.1. The fraction of sp³-hybridized carbons (Fsp3) is 0.296. The monoisotopic (exact) mass is 456 g/mol. The summed E-state index contributed by atoms with van der Waals surface area (Å²) in [5, 5.41) is 10.4. The number of aromatic nitrogens is 1. The van der Waals surface area contributed by atoms with Crippen molar-refractivity contribution in [3.8, 4) is 17.6 Å². The molecule has 172 valence electrons. The molecule has 2 aliphatic rings. The van der Waals surface area contributed by atoms with Crippen LogP contribution < -0.4 is 9.64 Å². The van der Waals surface area contributed by atoms with Gasteiger partial charge >= 0.3 is 0 Å². The van der Waals surface area contributed by atoms with Crippen molar-refractivity contribution in [3.63, 3.8) is 0 Å². The Hall–Kier alpha value is -3.76. The number of hydrogen-bond acceptors (Lipinski definition) is 6. The minimum atomic E-state index is -0.373. The van der Waals surface area contributed by atoms with Crippen LogP contribution >= 0.6 is 0 Å². The summed E-state index contributed by atoms with van der Waals surface area (Å²) in [7, 11) is 0. The van der Waals surface area contributed by atoms with E-state index in [9.17, 15) is 9.65 Å². The molecule has 3 aromatic rings. The Kier molecular flexibility index (Phi) is 5.99. The van der Waals surface area contributed by atoms with E-state index >= 15 is 0 Å². The van der Waals surface area contributed by atoms with Crippen LogP contribution in [0.25, 0.3) is 16.6 Å². The zero-order chi connectivity index (χ0) is 23.7. The van der Waals surface area contributed by atoms with Gasteiger partial charge in [0.2, 0.25) is 0 Å². The van der Waals surface area contributed by atoms with Crippen LogP contribution in [0.15, 0.2) is 47.5 Å². The third-order valence-electron chi connectivity index (χ3n) is 6.20. The molecule has 1 saturated heterocycles. The minimum absolute atomic E-state index is 0.330. The van der Waals surface area contributed by atoms with Crippen LogP contribution in [0.1, 0.15) is 30.2 Å². The number of halogens is 1. The molecule has 2 aliphatic heterocycles. The fourth-order valence-electron chi connectivity index (χ4n) is 4.34. The van der Waals surface area contributed by atoms with Crippen LogP contribution in [0.5, 0.6) is 11.5 Å². The topological polar surface area (TPSA) is 70.7 Å². The molecule has 5 rings (SSSR count). The molecule has 1 unspecified atom stereocenters. The van der Waals surface area contributed by atoms with Crippen LogP contribution in [0, 0.1) is 30.0 Å². The molecule has 34 heavy (non-hydrogen) atoms. The molecule has 0 radical (unpaired) electrons. The van der Waals surface area contributed by atoms with Gasteiger partial charge in [0.1, 0.15) is 23.4 Å². The number of pyridine rings is 1. The first-order chi connectivity index (χ1) is 16.5. The van der Waals surface area contributed by atoms with Crippen LogP contribution in [-0.2, 0) is 4.74 Å². The van der Waals surface area contributed by atoms with Gasteiger partial charge in [-0.25, -0.2) is 9.37 Å². The van der Waals surface area contributed by atoms with Crippen LogP contribution in [-0.4, -0.2) is 37.5 Å². The lowest BCUT2D eigenvalue weighted by Crippen LogP contribution is -2.36. The molecular weight excluding hydrogens is 431 g/mol. The highest BCUT2D eigenvalue weighted by Gasteiger charge is 2.21. The first-order valence-electron chi connectivity index (χ1n) is 11.4. The molecule has 1 aromatic heterocycles. The number of nitrogens with zero attached hydrogens (tertiary/aromatic N) is 4. The lowest BCUT2D eigenvalue weighted by atomic mass is 10.0. The second-order valence-electron chi connectivity index (χ2n) is 8.65. The molecule has 0 saturated carbocycles. The predicted octanol–water partition coefficient (Wildman–Crippen LogP) is 5.63. The number of benzene rings is 2. The van der Waals surface area contributed by atoms with Crippen molar-refractivity contribution in [2.45, 2.75) is 20.3 Å². The van der Waals surface area contributed by atoms with Crippen molar-refractivity contribution >= 4 is 28.5 Å². The van der Waals surface area contributed by atoms with Gasteiger partial charge in [-0.3, -0.25) is 4.99 Å². The molecular formula is C27H25FN4O2. The average Bonchev–Trinajstić information content (AvgIpc) is 2.86. The third kappa shape index (κ3) is 4.25. The number of fused-ring (bicyclic) bond motifs is 1. The summed E-state index contributed by atoms with van der Waals surface area (Å²) >= 11 is 0. The van der Waals surface area contributed by atoms with Crippen molar-refractivity contribution < 1.29 is 13.9 Å². The van der Waals surface area contributed by atoms with Gasteiger partial charge in [-0.15, -0.1) is 0 Å². The Morgan fingerprint density at radius 1 is 1.18 bits per heavy atom. The first-order valence-corrected chi connectivity index (χ1v) is 11.4. The molecule has 0 aliphatic carbocycles. The largest absolute Gasteiger partial charge is 0.455 e. The van der Waals surface area contributed by atoms with Crippen LogP contribution in [0.3, 0.4) is 0 Å². The van der Waals surface area contributed by atoms with Gasteiger partial charge in [0.15, 0.2) is 0 Å². The molecule has 0 spiro atoms. The van der Waals surface area contributed by atoms with Crippen molar-refractivity contribution in [1.29, 1.82) is 5.26 Å². The molecule has 6 nitrogen and oxygen atoms in total. The summed E-state index contributed by atoms with van der Waals surface area (Å²) in [6.45, 7) is 6.91. The first kappa shape index (κ1) is 22.1. The Labute approximate surface area is 198 Å². The van der Waals surface area contributed by atoms with Crippen molar-refractivity contribution in [2.75, 3.05) is 31.2 Å². The zero-order valence-electron chi connectivity index (χ0n) is 19.2. The van der Waals surface area contributed by atoms with E-state index in [0.29, 0.717) is 52.8 Å². The number of anilines is 1. The Bertz CT molecular complexity index is 1350. The Morgan fingerprint density at radius 2 is 2.00 bits per heavy atom. The highest BCUT2D eigenvalue weighted by atomic mass is 19.1. The summed E-state index contributed by atoms with van der Waals surface area (Å²) < 4.78 is 26.0. The minimum Gasteiger partial charge on any atom is -0.455 e. The molecule has 7 heteroatoms. The Balaban J connectivity index is 1.64. The van der Waals surface area contributed by atoms with E-state index in [4.69, 9.17) is 14.5 Å². The molecule has 1 fully saturated rings. The number of allylic oxidation sites excluding steroid dienone is 1. The zero-order valence-corrected chi connectivity index (χ0v) is 19.2. The number of morpholine rings is 1. The summed E-state index contributed by atoms with van der Waals surface area (Å²) in [5.41, 5.74) is 4.06. The predicted molar refractivity (Wildman–Crippen MR) is 131 cm³/mol. The standard InChI is InChI=1S/C27H25FN4O2/c1-17-7-8-30-24(13-17)26-18(2)27(22-6-4-20(28)14-23(22)31-26)34-25-15-21(5-3-19(25)16-29)32-9-11-33-12-10-32/h3-6,8,13-15,17H,7,9-12H2,1-2H3. The smallest absolute Gasteiger partial charge is 0.147 e. The molecule has 0 N–H and O–H groups in total. The lowest BCUT2D eigenvalue weighted by molar-refractivity contribution is 0.122. The summed E-state index contributed by atoms with van der Waals surface area (Å²) in [4.78, 5) is 11.5. The number of nitriles is 1. The normalized spacial score (nSPS) is 18.0. The molecule has 2 aromatic carbocycles. The summed E-state index contributed by atoms with van der Waals surface area (Å²) in [6, 6.07) is 12.3. The van der Waals surface area contributed by atoms with E-state index in [1.54, 1.807) is 12.1 Å². The van der Waals surface area contributed by atoms with Gasteiger partial charge in [-0.1, -0.05) is 13.0 Å². The van der Waals surface area contributed by atoms with Gasteiger partial charge < -0.3 is 14.4 Å². The molecule has 3 heterocycles. The van der Waals surface area contributed by atoms with Crippen LogP contribution in [0.2, 0.25) is 0 Å². The lowest BCUT2D eigenvalue weighted by Gasteiger charge is -2.29. The second-order valence-corrected chi connectivity index (χ2v) is 8.65. The average molecular weight is 457 g/mol. The number of rotatable bonds is 4. The highest BCUT2D eigenvalue weighted by molar-refractivity contribution is 5.90. The fourth-order valence-corrected chi connectivity index (χ4v) is 4.34. The van der Waals surface area contributed by atoms with Gasteiger partial charge in [0, 0.05) is 48.1 Å². The summed E-state index contributed by atoms with van der Waals surface area (Å²) in [6.07, 6.45) is 4.83. The SMILES string of the molecule is Cc1c(C2=CC(C)CC=N2)nc2cc(F)ccc2c1Oc1cc(N2CCOCC2)ccc1C#N. The van der Waals surface area contributed by atoms with E-state index in [1.807, 2.05) is 25.3 Å². The van der Waals surface area contributed by atoms with Crippen molar-refractivity contribution in [3.05, 3.63) is 65.1 Å². The van der Waals surface area contributed by atoms with Gasteiger partial charge in [0.05, 0.1) is 35.7 Å². The number of ether oxygens (including phenoxy) is 2. The highest BCUT2D eigenvalue weighted by Crippen LogP contribution is 2.39. The van der Waals surface area contributed by atoms with Crippen molar-refractivity contribution in [1.82, 2.24) is 4.98 Å². The van der Waals surface area contributed by atoms with E-state index in [0.717, 1.165) is 36.5 Å². The molecule has 1 atom stereocenters. The number of hydrogen-bond donors (Lipinski definition) is 0. The third-order valence-corrected chi connectivity index (χ3v) is 6.20. The maximum absolute atomic E-state index is 14.1. The second kappa shape index (κ2) is 9.24. The van der Waals surface area contributed by atoms with Gasteiger partial charge in [-0.05, 0) is 43.5 Å². The molecule has 0 amide bonds. The van der Waals surface area contributed by atoms with E-state index < -0.39 is 0 Å². The quantitative estimate of drug-likeness (QED) is 0.509. The van der Waals surface area contributed by atoms with Gasteiger partial charge in [0.25, 0.3) is 0 Å². The number of aliphatic imine (C=N–C) groups is 1. The van der Waals surface area contributed by atoms with E-state index in [1.165, 1.54) is 12.1 Å². The van der Waals surface area contributed by atoms with E-state index in [-0.39, 0.29) is 5.82 Å².